The summed E-state index contributed by atoms with van der Waals surface area (Å²) in [5.74, 6) is 2.23. The number of amides is 1. The van der Waals surface area contributed by atoms with E-state index in [1.807, 2.05) is 18.7 Å². The number of ether oxygens (including phenoxy) is 1. The Hall–Kier alpha value is -1.80. The molecule has 8 heteroatoms. The zero-order chi connectivity index (χ0) is 19.5. The van der Waals surface area contributed by atoms with Gasteiger partial charge >= 0.3 is 0 Å². The first kappa shape index (κ1) is 19.5. The summed E-state index contributed by atoms with van der Waals surface area (Å²) in [7, 11) is 0. The fourth-order valence-electron chi connectivity index (χ4n) is 4.14. The number of hydrogen-bond acceptors (Lipinski definition) is 7. The molecular weight excluding hydrogens is 376 g/mol. The monoisotopic (exact) mass is 404 g/mol. The number of hydrogen-bond donors (Lipinski definition) is 0. The molecule has 1 amide bonds. The highest BCUT2D eigenvalue weighted by Crippen LogP contribution is 2.29. The van der Waals surface area contributed by atoms with Crippen LogP contribution in [0.25, 0.3) is 0 Å². The van der Waals surface area contributed by atoms with E-state index in [1.165, 1.54) is 37.0 Å². The summed E-state index contributed by atoms with van der Waals surface area (Å²) in [4.78, 5) is 24.3. The largest absolute Gasteiger partial charge is 0.381 e. The SMILES string of the molecule is Cc1nc(C)c(C(=O)N2CCC(c3nc(CCOCC4CCCC4)no3)C2)s1. The molecule has 0 spiro atoms. The molecule has 1 aliphatic heterocycles. The molecule has 1 saturated heterocycles. The second-order valence-corrected chi connectivity index (χ2v) is 9.11. The number of rotatable bonds is 7. The topological polar surface area (TPSA) is 81.4 Å². The third-order valence-electron chi connectivity index (χ3n) is 5.70. The van der Waals surface area contributed by atoms with Crippen LogP contribution < -0.4 is 0 Å². The quantitative estimate of drug-likeness (QED) is 0.657. The second-order valence-electron chi connectivity index (χ2n) is 7.91. The smallest absolute Gasteiger partial charge is 0.265 e. The lowest BCUT2D eigenvalue weighted by molar-refractivity contribution is 0.0793. The van der Waals surface area contributed by atoms with Gasteiger partial charge in [0.2, 0.25) is 5.89 Å². The van der Waals surface area contributed by atoms with Crippen LogP contribution in [-0.2, 0) is 11.2 Å². The van der Waals surface area contributed by atoms with Crippen molar-refractivity contribution in [3.05, 3.63) is 27.3 Å². The van der Waals surface area contributed by atoms with Crippen molar-refractivity contribution in [2.75, 3.05) is 26.3 Å². The third kappa shape index (κ3) is 4.43. The van der Waals surface area contributed by atoms with E-state index in [-0.39, 0.29) is 11.8 Å². The summed E-state index contributed by atoms with van der Waals surface area (Å²) in [6, 6.07) is 0. The maximum absolute atomic E-state index is 12.8. The predicted octanol–water partition coefficient (Wildman–Crippen LogP) is 3.52. The van der Waals surface area contributed by atoms with Crippen LogP contribution in [0.5, 0.6) is 0 Å². The van der Waals surface area contributed by atoms with Crippen molar-refractivity contribution >= 4 is 17.2 Å². The Kier molecular flexibility index (Phi) is 6.06. The summed E-state index contributed by atoms with van der Waals surface area (Å²) >= 11 is 1.46. The zero-order valence-corrected chi connectivity index (χ0v) is 17.5. The lowest BCUT2D eigenvalue weighted by Crippen LogP contribution is -2.28. The van der Waals surface area contributed by atoms with Gasteiger partial charge in [-0.05, 0) is 39.0 Å². The summed E-state index contributed by atoms with van der Waals surface area (Å²) in [5.41, 5.74) is 0.814. The summed E-state index contributed by atoms with van der Waals surface area (Å²) in [5, 5.41) is 5.02. The Morgan fingerprint density at radius 1 is 1.25 bits per heavy atom. The Balaban J connectivity index is 1.26. The van der Waals surface area contributed by atoms with Crippen molar-refractivity contribution in [2.45, 2.75) is 58.3 Å². The molecule has 0 radical (unpaired) electrons. The van der Waals surface area contributed by atoms with Crippen LogP contribution >= 0.6 is 11.3 Å². The van der Waals surface area contributed by atoms with Gasteiger partial charge in [-0.3, -0.25) is 4.79 Å². The van der Waals surface area contributed by atoms with Gasteiger partial charge in [-0.15, -0.1) is 11.3 Å². The van der Waals surface area contributed by atoms with Crippen molar-refractivity contribution in [2.24, 2.45) is 5.92 Å². The van der Waals surface area contributed by atoms with Gasteiger partial charge in [0.05, 0.1) is 23.2 Å². The lowest BCUT2D eigenvalue weighted by Gasteiger charge is -2.14. The van der Waals surface area contributed by atoms with Crippen molar-refractivity contribution in [1.29, 1.82) is 0 Å². The van der Waals surface area contributed by atoms with Gasteiger partial charge in [0.15, 0.2) is 5.82 Å². The van der Waals surface area contributed by atoms with Crippen LogP contribution in [0.2, 0.25) is 0 Å². The highest BCUT2D eigenvalue weighted by Gasteiger charge is 2.32. The zero-order valence-electron chi connectivity index (χ0n) is 16.6. The Morgan fingerprint density at radius 3 is 2.82 bits per heavy atom. The summed E-state index contributed by atoms with van der Waals surface area (Å²) in [6.45, 7) is 6.63. The highest BCUT2D eigenvalue weighted by atomic mass is 32.1. The van der Waals surface area contributed by atoms with Gasteiger partial charge < -0.3 is 14.2 Å². The van der Waals surface area contributed by atoms with Gasteiger partial charge in [-0.1, -0.05) is 18.0 Å². The van der Waals surface area contributed by atoms with Gasteiger partial charge in [-0.2, -0.15) is 4.98 Å². The Labute approximate surface area is 169 Å². The number of aromatic nitrogens is 3. The normalized spacial score (nSPS) is 20.4. The van der Waals surface area contributed by atoms with Gasteiger partial charge in [-0.25, -0.2) is 4.98 Å². The maximum atomic E-state index is 12.8. The van der Waals surface area contributed by atoms with E-state index in [0.717, 1.165) is 34.5 Å². The minimum absolute atomic E-state index is 0.0608. The summed E-state index contributed by atoms with van der Waals surface area (Å²) in [6.07, 6.45) is 6.79. The first-order valence-electron chi connectivity index (χ1n) is 10.2. The predicted molar refractivity (Wildman–Crippen MR) is 106 cm³/mol. The van der Waals surface area contributed by atoms with Crippen LogP contribution in [0.1, 0.15) is 70.1 Å². The Morgan fingerprint density at radius 2 is 2.07 bits per heavy atom. The minimum atomic E-state index is 0.0608. The molecule has 2 aromatic rings. The molecule has 7 nitrogen and oxygen atoms in total. The van der Waals surface area contributed by atoms with Crippen LogP contribution in [0.3, 0.4) is 0 Å². The standard InChI is InChI=1S/C20H28N4O3S/c1-13-18(28-14(2)21-13)20(25)24-9-7-16(11-24)19-22-17(23-27-19)8-10-26-12-15-5-3-4-6-15/h15-16H,3-12H2,1-2H3. The molecule has 0 N–H and O–H groups in total. The molecule has 2 aromatic heterocycles. The minimum Gasteiger partial charge on any atom is -0.381 e. The van der Waals surface area contributed by atoms with Crippen LogP contribution in [0.4, 0.5) is 0 Å². The molecule has 2 fully saturated rings. The number of aryl methyl sites for hydroxylation is 2. The van der Waals surface area contributed by atoms with Crippen molar-refractivity contribution in [1.82, 2.24) is 20.0 Å². The van der Waals surface area contributed by atoms with Crippen LogP contribution in [0.15, 0.2) is 4.52 Å². The molecule has 1 atom stereocenters. The fraction of sp³-hybridized carbons (Fsp3) is 0.700. The molecular formula is C20H28N4O3S. The fourth-order valence-corrected chi connectivity index (χ4v) is 5.03. The maximum Gasteiger partial charge on any atom is 0.265 e. The van der Waals surface area contributed by atoms with E-state index in [0.29, 0.717) is 37.8 Å². The van der Waals surface area contributed by atoms with E-state index in [4.69, 9.17) is 9.26 Å². The van der Waals surface area contributed by atoms with Crippen molar-refractivity contribution in [3.8, 4) is 0 Å². The van der Waals surface area contributed by atoms with Gasteiger partial charge in [0, 0.05) is 26.1 Å². The lowest BCUT2D eigenvalue weighted by atomic mass is 10.1. The molecule has 1 unspecified atom stereocenters. The van der Waals surface area contributed by atoms with Crippen molar-refractivity contribution in [3.63, 3.8) is 0 Å². The first-order chi connectivity index (χ1) is 13.6. The Bertz CT molecular complexity index is 812. The molecule has 152 valence electrons. The number of likely N-dealkylation sites (tertiary alicyclic amines) is 1. The van der Waals surface area contributed by atoms with Crippen LogP contribution in [-0.4, -0.2) is 52.2 Å². The average Bonchev–Trinajstić information content (AvgIpc) is 3.45. The van der Waals surface area contributed by atoms with E-state index < -0.39 is 0 Å². The van der Waals surface area contributed by atoms with Crippen molar-refractivity contribution < 1.29 is 14.1 Å². The van der Waals surface area contributed by atoms with Gasteiger partial charge in [0.1, 0.15) is 4.88 Å². The van der Waals surface area contributed by atoms with Crippen LogP contribution in [0, 0.1) is 19.8 Å². The molecule has 3 heterocycles. The van der Waals surface area contributed by atoms with Gasteiger partial charge in [0.25, 0.3) is 5.91 Å². The molecule has 28 heavy (non-hydrogen) atoms. The third-order valence-corrected chi connectivity index (χ3v) is 6.77. The average molecular weight is 405 g/mol. The molecule has 1 saturated carbocycles. The molecule has 4 rings (SSSR count). The number of thiazole rings is 1. The van der Waals surface area contributed by atoms with E-state index >= 15 is 0 Å². The van der Waals surface area contributed by atoms with E-state index in [1.54, 1.807) is 0 Å². The number of carbonyl (C=O) groups is 1. The first-order valence-corrected chi connectivity index (χ1v) is 11.1. The number of carbonyl (C=O) groups excluding carboxylic acids is 1. The highest BCUT2D eigenvalue weighted by molar-refractivity contribution is 7.13. The molecule has 0 aromatic carbocycles. The van der Waals surface area contributed by atoms with E-state index in [2.05, 4.69) is 15.1 Å². The number of nitrogens with zero attached hydrogens (tertiary/aromatic N) is 4. The molecule has 0 bridgehead atoms. The summed E-state index contributed by atoms with van der Waals surface area (Å²) < 4.78 is 11.3. The van der Waals surface area contributed by atoms with E-state index in [9.17, 15) is 4.79 Å². The second kappa shape index (κ2) is 8.69. The molecule has 2 aliphatic rings. The molecule has 1 aliphatic carbocycles.